The maximum atomic E-state index is 13.1. The Hall–Kier alpha value is -2.65. The number of carbonyl (C=O) groups is 1. The zero-order chi connectivity index (χ0) is 19.7. The molecule has 1 N–H and O–H groups in total. The predicted octanol–water partition coefficient (Wildman–Crippen LogP) is 3.53. The van der Waals surface area contributed by atoms with E-state index in [2.05, 4.69) is 10.2 Å². The van der Waals surface area contributed by atoms with Crippen LogP contribution in [0.1, 0.15) is 13.0 Å². The summed E-state index contributed by atoms with van der Waals surface area (Å²) in [5.74, 6) is 2.02. The van der Waals surface area contributed by atoms with Crippen molar-refractivity contribution in [2.45, 2.75) is 19.1 Å². The van der Waals surface area contributed by atoms with Gasteiger partial charge >= 0.3 is 0 Å². The maximum absolute atomic E-state index is 13.1. The summed E-state index contributed by atoms with van der Waals surface area (Å²) in [5, 5.41) is 9.07. The number of fused-ring (bicyclic) bond motifs is 1. The van der Waals surface area contributed by atoms with Crippen LogP contribution in [0.25, 0.3) is 10.7 Å². The zero-order valence-corrected chi connectivity index (χ0v) is 17.1. The van der Waals surface area contributed by atoms with Crippen LogP contribution in [0.4, 0.5) is 0 Å². The van der Waals surface area contributed by atoms with Crippen molar-refractivity contribution >= 4 is 29.5 Å². The lowest BCUT2D eigenvalue weighted by atomic mass is 10.2. The van der Waals surface area contributed by atoms with E-state index < -0.39 is 6.04 Å². The summed E-state index contributed by atoms with van der Waals surface area (Å²) >= 11 is 6.92. The molecule has 0 saturated heterocycles. The molecule has 9 heteroatoms. The van der Waals surface area contributed by atoms with E-state index in [1.165, 1.54) is 0 Å². The molecule has 1 amide bonds. The second-order valence-corrected chi connectivity index (χ2v) is 7.93. The van der Waals surface area contributed by atoms with Crippen molar-refractivity contribution in [3.63, 3.8) is 0 Å². The second kappa shape index (κ2) is 7.76. The van der Waals surface area contributed by atoms with Crippen molar-refractivity contribution in [2.24, 2.45) is 0 Å². The van der Waals surface area contributed by atoms with Crippen molar-refractivity contribution in [3.8, 4) is 22.2 Å². The Bertz CT molecular complexity index is 1030. The van der Waals surface area contributed by atoms with Gasteiger partial charge in [-0.25, -0.2) is 0 Å². The zero-order valence-electron chi connectivity index (χ0n) is 15.5. The summed E-state index contributed by atoms with van der Waals surface area (Å²) in [4.78, 5) is 15.7. The number of hydrogen-bond donors (Lipinski definition) is 1. The number of ether oxygens (including phenoxy) is 2. The number of H-pyrrole nitrogens is 1. The number of para-hydroxylation sites is 2. The molecule has 1 aliphatic heterocycles. The Kier molecular flexibility index (Phi) is 5.19. The average Bonchev–Trinajstić information content (AvgIpc) is 3.36. The van der Waals surface area contributed by atoms with Crippen LogP contribution in [0, 0.1) is 4.77 Å². The molecule has 146 valence electrons. The third-order valence-electron chi connectivity index (χ3n) is 4.61. The lowest BCUT2D eigenvalue weighted by molar-refractivity contribution is -0.134. The highest BCUT2D eigenvalue weighted by molar-refractivity contribution is 7.71. The van der Waals surface area contributed by atoms with Crippen LogP contribution >= 0.6 is 23.6 Å². The highest BCUT2D eigenvalue weighted by atomic mass is 32.1. The number of likely N-dealkylation sites (N-methyl/N-ethyl adjacent to an activating group) is 1. The fraction of sp³-hybridized carbons (Fsp3) is 0.316. The first-order chi connectivity index (χ1) is 13.5. The van der Waals surface area contributed by atoms with Crippen LogP contribution in [-0.2, 0) is 4.79 Å². The molecule has 3 aromatic rings. The third-order valence-corrected chi connectivity index (χ3v) is 5.77. The Morgan fingerprint density at radius 2 is 2.18 bits per heavy atom. The van der Waals surface area contributed by atoms with Gasteiger partial charge in [0.05, 0.1) is 11.4 Å². The molecule has 1 aromatic carbocycles. The number of aromatic amines is 1. The van der Waals surface area contributed by atoms with Gasteiger partial charge in [0.1, 0.15) is 12.6 Å². The predicted molar refractivity (Wildman–Crippen MR) is 109 cm³/mol. The van der Waals surface area contributed by atoms with Gasteiger partial charge in [-0.05, 0) is 42.7 Å². The largest absolute Gasteiger partial charge is 0.486 e. The van der Waals surface area contributed by atoms with E-state index in [9.17, 15) is 4.79 Å². The summed E-state index contributed by atoms with van der Waals surface area (Å²) in [6.07, 6.45) is -0.231. The molecule has 0 aliphatic carbocycles. The standard InChI is InChI=1S/C19H20N4O3S2/c1-12(23-17(20-21-19(23)27)16-8-5-9-28-16)18(24)22(2)10-13-11-25-14-6-3-4-7-15(14)26-13/h3-9,12-13H,10-11H2,1-2H3,(H,21,27). The molecule has 4 rings (SSSR count). The van der Waals surface area contributed by atoms with Gasteiger partial charge in [-0.3, -0.25) is 14.5 Å². The van der Waals surface area contributed by atoms with Crippen LogP contribution in [0.5, 0.6) is 11.5 Å². The van der Waals surface area contributed by atoms with Gasteiger partial charge in [0.25, 0.3) is 0 Å². The quantitative estimate of drug-likeness (QED) is 0.644. The van der Waals surface area contributed by atoms with E-state index >= 15 is 0 Å². The highest BCUT2D eigenvalue weighted by Crippen LogP contribution is 2.31. The molecular weight excluding hydrogens is 396 g/mol. The lowest BCUT2D eigenvalue weighted by Crippen LogP contribution is -2.43. The summed E-state index contributed by atoms with van der Waals surface area (Å²) in [6.45, 7) is 2.64. The molecular formula is C19H20N4O3S2. The molecule has 0 spiro atoms. The van der Waals surface area contributed by atoms with E-state index in [0.717, 1.165) is 10.6 Å². The van der Waals surface area contributed by atoms with Gasteiger partial charge in [0, 0.05) is 7.05 Å². The van der Waals surface area contributed by atoms with Gasteiger partial charge in [-0.15, -0.1) is 11.3 Å². The number of hydrogen-bond acceptors (Lipinski definition) is 6. The van der Waals surface area contributed by atoms with Gasteiger partial charge in [-0.2, -0.15) is 5.10 Å². The first-order valence-electron chi connectivity index (χ1n) is 8.89. The Labute approximate surface area is 171 Å². The highest BCUT2D eigenvalue weighted by Gasteiger charge is 2.28. The number of rotatable bonds is 5. The van der Waals surface area contributed by atoms with Crippen molar-refractivity contribution < 1.29 is 14.3 Å². The van der Waals surface area contributed by atoms with Crippen molar-refractivity contribution in [3.05, 3.63) is 46.5 Å². The van der Waals surface area contributed by atoms with Crippen LogP contribution < -0.4 is 9.47 Å². The van der Waals surface area contributed by atoms with Crippen LogP contribution in [0.15, 0.2) is 41.8 Å². The smallest absolute Gasteiger partial charge is 0.245 e. The monoisotopic (exact) mass is 416 g/mol. The van der Waals surface area contributed by atoms with Crippen molar-refractivity contribution in [1.29, 1.82) is 0 Å². The minimum absolute atomic E-state index is 0.0715. The van der Waals surface area contributed by atoms with E-state index in [1.807, 2.05) is 48.7 Å². The molecule has 0 bridgehead atoms. The van der Waals surface area contributed by atoms with Crippen LogP contribution in [-0.4, -0.2) is 51.9 Å². The topological polar surface area (TPSA) is 72.4 Å². The lowest BCUT2D eigenvalue weighted by Gasteiger charge is -2.30. The summed E-state index contributed by atoms with van der Waals surface area (Å²) in [5.41, 5.74) is 0. The Balaban J connectivity index is 1.48. The molecule has 28 heavy (non-hydrogen) atoms. The number of nitrogens with one attached hydrogen (secondary N) is 1. The first kappa shape index (κ1) is 18.7. The minimum atomic E-state index is -0.495. The maximum Gasteiger partial charge on any atom is 0.245 e. The van der Waals surface area contributed by atoms with E-state index in [4.69, 9.17) is 21.7 Å². The Morgan fingerprint density at radius 3 is 2.93 bits per heavy atom. The van der Waals surface area contributed by atoms with Gasteiger partial charge in [0.15, 0.2) is 28.2 Å². The van der Waals surface area contributed by atoms with E-state index in [-0.39, 0.29) is 12.0 Å². The third kappa shape index (κ3) is 3.55. The molecule has 0 fully saturated rings. The van der Waals surface area contributed by atoms with Crippen LogP contribution in [0.2, 0.25) is 0 Å². The molecule has 0 saturated carbocycles. The van der Waals surface area contributed by atoms with Crippen molar-refractivity contribution in [2.75, 3.05) is 20.2 Å². The average molecular weight is 417 g/mol. The fourth-order valence-electron chi connectivity index (χ4n) is 3.22. The summed E-state index contributed by atoms with van der Waals surface area (Å²) in [7, 11) is 1.76. The molecule has 3 heterocycles. The normalized spacial score (nSPS) is 16.6. The first-order valence-corrected chi connectivity index (χ1v) is 10.2. The van der Waals surface area contributed by atoms with Crippen molar-refractivity contribution in [1.82, 2.24) is 19.7 Å². The number of nitrogens with zero attached hydrogens (tertiary/aromatic N) is 3. The molecule has 2 atom stereocenters. The molecule has 0 radical (unpaired) electrons. The van der Waals surface area contributed by atoms with E-state index in [0.29, 0.717) is 29.5 Å². The van der Waals surface area contributed by atoms with Gasteiger partial charge in [-0.1, -0.05) is 18.2 Å². The molecule has 1 aliphatic rings. The summed E-state index contributed by atoms with van der Waals surface area (Å²) in [6, 6.07) is 10.9. The van der Waals surface area contributed by atoms with Gasteiger partial charge < -0.3 is 14.4 Å². The number of aromatic nitrogens is 3. The Morgan fingerprint density at radius 1 is 1.39 bits per heavy atom. The summed E-state index contributed by atoms with van der Waals surface area (Å²) < 4.78 is 13.9. The molecule has 2 unspecified atom stereocenters. The van der Waals surface area contributed by atoms with Gasteiger partial charge in [0.2, 0.25) is 5.91 Å². The van der Waals surface area contributed by atoms with E-state index in [1.54, 1.807) is 27.9 Å². The number of thiophene rings is 1. The minimum Gasteiger partial charge on any atom is -0.486 e. The fourth-order valence-corrected chi connectivity index (χ4v) is 4.22. The number of benzene rings is 1. The number of amides is 1. The number of carbonyl (C=O) groups excluding carboxylic acids is 1. The molecule has 7 nitrogen and oxygen atoms in total. The SMILES string of the molecule is CC(C(=O)N(C)CC1COc2ccccc2O1)n1c(-c2cccs2)n[nH]c1=S. The second-order valence-electron chi connectivity index (χ2n) is 6.59. The van der Waals surface area contributed by atoms with Crippen LogP contribution in [0.3, 0.4) is 0 Å². The molecule has 2 aromatic heterocycles.